The lowest BCUT2D eigenvalue weighted by atomic mass is 10.2. The van der Waals surface area contributed by atoms with Gasteiger partial charge in [0.05, 0.1) is 16.8 Å². The summed E-state index contributed by atoms with van der Waals surface area (Å²) in [4.78, 5) is 0. The number of nitrogens with one attached hydrogen (secondary N) is 1. The molecule has 90 valence electrons. The second kappa shape index (κ2) is 4.81. The third-order valence-corrected chi connectivity index (χ3v) is 2.95. The highest BCUT2D eigenvalue weighted by Crippen LogP contribution is 2.23. The Labute approximate surface area is 105 Å². The minimum atomic E-state index is 0.0577. The number of aromatic nitrogens is 4. The number of benzene rings is 1. The van der Waals surface area contributed by atoms with Crippen LogP contribution in [0, 0.1) is 6.92 Å². The maximum Gasteiger partial charge on any atom is 0.173 e. The molecule has 1 atom stereocenters. The Bertz CT molecular complexity index is 522. The fraction of sp³-hybridized carbons (Fsp3) is 0.364. The number of hydrogen-bond donors (Lipinski definition) is 1. The molecule has 0 aliphatic carbocycles. The van der Waals surface area contributed by atoms with Crippen LogP contribution in [-0.2, 0) is 0 Å². The van der Waals surface area contributed by atoms with Crippen LogP contribution in [0.25, 0.3) is 5.69 Å². The summed E-state index contributed by atoms with van der Waals surface area (Å²) in [6, 6.07) is 5.85. The van der Waals surface area contributed by atoms with Crippen molar-refractivity contribution >= 4 is 11.6 Å². The molecule has 5 nitrogen and oxygen atoms in total. The molecule has 6 heteroatoms. The fourth-order valence-corrected chi connectivity index (χ4v) is 1.86. The predicted octanol–water partition coefficient (Wildman–Crippen LogP) is 1.90. The van der Waals surface area contributed by atoms with E-state index in [2.05, 4.69) is 20.8 Å². The second-order valence-electron chi connectivity index (χ2n) is 3.91. The van der Waals surface area contributed by atoms with Gasteiger partial charge in [0.25, 0.3) is 0 Å². The van der Waals surface area contributed by atoms with E-state index in [1.165, 1.54) is 0 Å². The number of tetrazole rings is 1. The van der Waals surface area contributed by atoms with Crippen LogP contribution in [0.3, 0.4) is 0 Å². The van der Waals surface area contributed by atoms with E-state index in [-0.39, 0.29) is 6.04 Å². The Morgan fingerprint density at radius 1 is 1.41 bits per heavy atom. The number of nitrogens with zero attached hydrogens (tertiary/aromatic N) is 4. The molecule has 0 aliphatic heterocycles. The van der Waals surface area contributed by atoms with E-state index < -0.39 is 0 Å². The number of halogens is 1. The van der Waals surface area contributed by atoms with Gasteiger partial charge in [-0.05, 0) is 49.0 Å². The largest absolute Gasteiger partial charge is 0.311 e. The molecule has 0 spiro atoms. The summed E-state index contributed by atoms with van der Waals surface area (Å²) in [6.07, 6.45) is 0. The minimum absolute atomic E-state index is 0.0577. The number of hydrogen-bond acceptors (Lipinski definition) is 4. The first-order valence-corrected chi connectivity index (χ1v) is 5.73. The molecule has 1 unspecified atom stereocenters. The van der Waals surface area contributed by atoms with Crippen molar-refractivity contribution in [2.75, 3.05) is 7.05 Å². The SMILES string of the molecule is CNC(C)c1nnnn1-c1ccc(C)cc1Cl. The summed E-state index contributed by atoms with van der Waals surface area (Å²) in [5.41, 5.74) is 1.90. The molecular weight excluding hydrogens is 238 g/mol. The van der Waals surface area contributed by atoms with E-state index in [1.54, 1.807) is 4.68 Å². The Morgan fingerprint density at radius 3 is 2.82 bits per heavy atom. The zero-order chi connectivity index (χ0) is 12.4. The molecule has 0 saturated heterocycles. The van der Waals surface area contributed by atoms with Gasteiger partial charge >= 0.3 is 0 Å². The summed E-state index contributed by atoms with van der Waals surface area (Å²) in [6.45, 7) is 3.98. The average molecular weight is 252 g/mol. The van der Waals surface area contributed by atoms with Gasteiger partial charge in [-0.1, -0.05) is 17.7 Å². The van der Waals surface area contributed by atoms with E-state index >= 15 is 0 Å². The van der Waals surface area contributed by atoms with Crippen molar-refractivity contribution in [2.24, 2.45) is 0 Å². The molecule has 0 saturated carbocycles. The van der Waals surface area contributed by atoms with Gasteiger partial charge in [-0.15, -0.1) is 5.10 Å². The highest BCUT2D eigenvalue weighted by Gasteiger charge is 2.15. The molecule has 0 fully saturated rings. The van der Waals surface area contributed by atoms with E-state index in [0.29, 0.717) is 5.02 Å². The van der Waals surface area contributed by atoms with Crippen molar-refractivity contribution in [1.29, 1.82) is 0 Å². The highest BCUT2D eigenvalue weighted by molar-refractivity contribution is 6.32. The van der Waals surface area contributed by atoms with Crippen molar-refractivity contribution in [3.63, 3.8) is 0 Å². The summed E-state index contributed by atoms with van der Waals surface area (Å²) in [5, 5.41) is 15.4. The first-order chi connectivity index (χ1) is 8.13. The molecular formula is C11H14ClN5. The topological polar surface area (TPSA) is 55.6 Å². The van der Waals surface area contributed by atoms with Crippen LogP contribution in [0.4, 0.5) is 0 Å². The summed E-state index contributed by atoms with van der Waals surface area (Å²) >= 11 is 6.20. The molecule has 0 aliphatic rings. The van der Waals surface area contributed by atoms with Crippen molar-refractivity contribution in [1.82, 2.24) is 25.5 Å². The molecule has 1 heterocycles. The van der Waals surface area contributed by atoms with Crippen molar-refractivity contribution < 1.29 is 0 Å². The Balaban J connectivity index is 2.50. The van der Waals surface area contributed by atoms with Gasteiger partial charge in [0, 0.05) is 0 Å². The quantitative estimate of drug-likeness (QED) is 0.905. The Hall–Kier alpha value is -1.46. The molecule has 1 N–H and O–H groups in total. The molecule has 0 amide bonds. The Kier molecular flexibility index (Phi) is 3.40. The summed E-state index contributed by atoms with van der Waals surface area (Å²) in [7, 11) is 1.86. The number of rotatable bonds is 3. The predicted molar refractivity (Wildman–Crippen MR) is 66.4 cm³/mol. The molecule has 1 aromatic heterocycles. The van der Waals surface area contributed by atoms with Crippen molar-refractivity contribution in [3.8, 4) is 5.69 Å². The van der Waals surface area contributed by atoms with Crippen molar-refractivity contribution in [3.05, 3.63) is 34.6 Å². The standard InChI is InChI=1S/C11H14ClN5/c1-7-4-5-10(9(12)6-7)17-11(8(2)13-3)14-15-16-17/h4-6,8,13H,1-3H3. The molecule has 0 radical (unpaired) electrons. The molecule has 17 heavy (non-hydrogen) atoms. The molecule has 2 aromatic rings. The number of aryl methyl sites for hydroxylation is 1. The van der Waals surface area contributed by atoms with E-state index in [4.69, 9.17) is 11.6 Å². The first kappa shape index (κ1) is 12.0. The second-order valence-corrected chi connectivity index (χ2v) is 4.32. The maximum atomic E-state index is 6.20. The highest BCUT2D eigenvalue weighted by atomic mass is 35.5. The average Bonchev–Trinajstić information content (AvgIpc) is 2.77. The van der Waals surface area contributed by atoms with Crippen LogP contribution < -0.4 is 5.32 Å². The monoisotopic (exact) mass is 251 g/mol. The van der Waals surface area contributed by atoms with Crippen LogP contribution in [0.15, 0.2) is 18.2 Å². The van der Waals surface area contributed by atoms with Crippen LogP contribution in [0.1, 0.15) is 24.4 Å². The van der Waals surface area contributed by atoms with Crippen LogP contribution in [0.5, 0.6) is 0 Å². The molecule has 1 aromatic carbocycles. The Morgan fingerprint density at radius 2 is 2.18 bits per heavy atom. The van der Waals surface area contributed by atoms with Crippen LogP contribution in [-0.4, -0.2) is 27.3 Å². The van der Waals surface area contributed by atoms with Gasteiger partial charge in [0.15, 0.2) is 5.82 Å². The minimum Gasteiger partial charge on any atom is -0.311 e. The third-order valence-electron chi connectivity index (χ3n) is 2.65. The maximum absolute atomic E-state index is 6.20. The lowest BCUT2D eigenvalue weighted by molar-refractivity contribution is 0.588. The van der Waals surface area contributed by atoms with Gasteiger partial charge in [-0.25, -0.2) is 0 Å². The van der Waals surface area contributed by atoms with Crippen LogP contribution >= 0.6 is 11.6 Å². The van der Waals surface area contributed by atoms with E-state index in [9.17, 15) is 0 Å². The van der Waals surface area contributed by atoms with Gasteiger partial charge in [-0.2, -0.15) is 4.68 Å². The normalized spacial score (nSPS) is 12.7. The van der Waals surface area contributed by atoms with Gasteiger partial charge in [0.1, 0.15) is 0 Å². The van der Waals surface area contributed by atoms with Gasteiger partial charge in [-0.3, -0.25) is 0 Å². The third kappa shape index (κ3) is 2.30. The fourth-order valence-electron chi connectivity index (χ4n) is 1.55. The van der Waals surface area contributed by atoms with E-state index in [1.807, 2.05) is 39.1 Å². The van der Waals surface area contributed by atoms with Crippen molar-refractivity contribution in [2.45, 2.75) is 19.9 Å². The van der Waals surface area contributed by atoms with Gasteiger partial charge < -0.3 is 5.32 Å². The first-order valence-electron chi connectivity index (χ1n) is 5.35. The molecule has 2 rings (SSSR count). The van der Waals surface area contributed by atoms with Gasteiger partial charge in [0.2, 0.25) is 0 Å². The zero-order valence-corrected chi connectivity index (χ0v) is 10.7. The summed E-state index contributed by atoms with van der Waals surface area (Å²) in [5.74, 6) is 0.734. The lowest BCUT2D eigenvalue weighted by Gasteiger charge is -2.11. The summed E-state index contributed by atoms with van der Waals surface area (Å²) < 4.78 is 1.66. The van der Waals surface area contributed by atoms with E-state index in [0.717, 1.165) is 17.1 Å². The molecule has 0 bridgehead atoms. The smallest absolute Gasteiger partial charge is 0.173 e. The lowest BCUT2D eigenvalue weighted by Crippen LogP contribution is -2.18. The zero-order valence-electron chi connectivity index (χ0n) is 9.98. The van der Waals surface area contributed by atoms with Crippen LogP contribution in [0.2, 0.25) is 5.02 Å².